The van der Waals surface area contributed by atoms with Gasteiger partial charge in [-0.25, -0.2) is 0 Å². The molecule has 1 aromatic carbocycles. The third-order valence-corrected chi connectivity index (χ3v) is 2.69. The van der Waals surface area contributed by atoms with Gasteiger partial charge in [-0.3, -0.25) is 4.79 Å². The van der Waals surface area contributed by atoms with Gasteiger partial charge in [0.2, 0.25) is 5.91 Å². The second-order valence-corrected chi connectivity index (χ2v) is 4.61. The first-order chi connectivity index (χ1) is 9.31. The minimum absolute atomic E-state index is 0.0962. The van der Waals surface area contributed by atoms with E-state index in [9.17, 15) is 18.0 Å². The van der Waals surface area contributed by atoms with E-state index in [1.54, 1.807) is 0 Å². The van der Waals surface area contributed by atoms with Crippen LogP contribution in [0, 0.1) is 5.92 Å². The first kappa shape index (κ1) is 16.3. The molecule has 20 heavy (non-hydrogen) atoms. The first-order valence-corrected chi connectivity index (χ1v) is 6.42. The van der Waals surface area contributed by atoms with E-state index in [-0.39, 0.29) is 17.6 Å². The second-order valence-electron chi connectivity index (χ2n) is 4.61. The van der Waals surface area contributed by atoms with Gasteiger partial charge >= 0.3 is 6.18 Å². The lowest BCUT2D eigenvalue weighted by molar-refractivity contribution is -0.153. The fraction of sp³-hybridized carbons (Fsp3) is 0.500. The van der Waals surface area contributed by atoms with Gasteiger partial charge in [0.05, 0.1) is 0 Å². The maximum absolute atomic E-state index is 12.0. The summed E-state index contributed by atoms with van der Waals surface area (Å²) in [4.78, 5) is 11.8. The summed E-state index contributed by atoms with van der Waals surface area (Å²) in [6, 6.07) is 5.82. The highest BCUT2D eigenvalue weighted by Gasteiger charge is 2.28. The molecule has 6 heteroatoms. The molecule has 112 valence electrons. The molecule has 0 saturated heterocycles. The summed E-state index contributed by atoms with van der Waals surface area (Å²) in [5, 5.41) is 2.71. The molecule has 0 heterocycles. The highest BCUT2D eigenvalue weighted by molar-refractivity contribution is 5.92. The van der Waals surface area contributed by atoms with E-state index >= 15 is 0 Å². The van der Waals surface area contributed by atoms with Gasteiger partial charge in [-0.1, -0.05) is 20.3 Å². The summed E-state index contributed by atoms with van der Waals surface area (Å²) in [6.07, 6.45) is -2.65. The van der Waals surface area contributed by atoms with Gasteiger partial charge in [0, 0.05) is 11.6 Å². The van der Waals surface area contributed by atoms with E-state index in [1.165, 1.54) is 24.3 Å². The van der Waals surface area contributed by atoms with Gasteiger partial charge in [0.15, 0.2) is 6.61 Å². The van der Waals surface area contributed by atoms with Crippen molar-refractivity contribution in [2.75, 3.05) is 11.9 Å². The molecule has 0 aliphatic heterocycles. The Morgan fingerprint density at radius 3 is 2.40 bits per heavy atom. The number of halogens is 3. The summed E-state index contributed by atoms with van der Waals surface area (Å²) in [5.74, 6) is -0.0844. The zero-order chi connectivity index (χ0) is 15.2. The molecule has 0 bridgehead atoms. The number of hydrogen-bond acceptors (Lipinski definition) is 2. The molecule has 1 N–H and O–H groups in total. The van der Waals surface area contributed by atoms with E-state index in [0.717, 1.165) is 12.8 Å². The zero-order valence-corrected chi connectivity index (χ0v) is 11.5. The number of rotatable bonds is 6. The number of hydrogen-bond donors (Lipinski definition) is 1. The lowest BCUT2D eigenvalue weighted by Crippen LogP contribution is -2.20. The Labute approximate surface area is 116 Å². The summed E-state index contributed by atoms with van der Waals surface area (Å²) >= 11 is 0. The lowest BCUT2D eigenvalue weighted by atomic mass is 10.1. The summed E-state index contributed by atoms with van der Waals surface area (Å²) in [5.41, 5.74) is 0.539. The van der Waals surface area contributed by atoms with E-state index in [0.29, 0.717) is 5.69 Å². The average Bonchev–Trinajstić information content (AvgIpc) is 2.37. The third-order valence-electron chi connectivity index (χ3n) is 2.69. The first-order valence-electron chi connectivity index (χ1n) is 6.42. The molecule has 1 aromatic rings. The van der Waals surface area contributed by atoms with Crippen LogP contribution in [0.5, 0.6) is 5.75 Å². The van der Waals surface area contributed by atoms with Crippen LogP contribution in [0.3, 0.4) is 0 Å². The second kappa shape index (κ2) is 7.17. The van der Waals surface area contributed by atoms with Crippen molar-refractivity contribution in [3.8, 4) is 5.75 Å². The number of amides is 1. The number of carbonyl (C=O) groups is 1. The number of alkyl halides is 3. The molecule has 1 amide bonds. The molecule has 1 atom stereocenters. The van der Waals surface area contributed by atoms with Crippen LogP contribution in [0.4, 0.5) is 18.9 Å². The predicted octanol–water partition coefficient (Wildman–Crippen LogP) is 4.00. The Kier molecular flexibility index (Phi) is 5.85. The summed E-state index contributed by atoms with van der Waals surface area (Å²) in [6.45, 7) is 2.50. The highest BCUT2D eigenvalue weighted by atomic mass is 19.4. The maximum Gasteiger partial charge on any atom is 0.422 e. The molecule has 1 rings (SSSR count). The van der Waals surface area contributed by atoms with Gasteiger partial charge in [0.1, 0.15) is 5.75 Å². The molecular weight excluding hydrogens is 271 g/mol. The van der Waals surface area contributed by atoms with Crippen molar-refractivity contribution in [2.45, 2.75) is 32.9 Å². The van der Waals surface area contributed by atoms with Crippen LogP contribution in [-0.2, 0) is 4.79 Å². The molecule has 1 unspecified atom stereocenters. The zero-order valence-electron chi connectivity index (χ0n) is 11.5. The van der Waals surface area contributed by atoms with E-state index in [1.807, 2.05) is 13.8 Å². The van der Waals surface area contributed by atoms with Crippen molar-refractivity contribution in [3.05, 3.63) is 24.3 Å². The molecule has 0 saturated carbocycles. The Bertz CT molecular complexity index is 429. The smallest absolute Gasteiger partial charge is 0.422 e. The Balaban J connectivity index is 2.52. The molecule has 0 spiro atoms. The highest BCUT2D eigenvalue weighted by Crippen LogP contribution is 2.20. The lowest BCUT2D eigenvalue weighted by Gasteiger charge is -2.12. The average molecular weight is 289 g/mol. The molecule has 0 radical (unpaired) electrons. The fourth-order valence-electron chi connectivity index (χ4n) is 1.63. The molecule has 0 aliphatic carbocycles. The standard InChI is InChI=1S/C14H18F3NO2/c1-3-4-10(2)13(19)18-11-5-7-12(8-6-11)20-9-14(15,16)17/h5-8,10H,3-4,9H2,1-2H3,(H,18,19). The number of carbonyl (C=O) groups excluding carboxylic acids is 1. The van der Waals surface area contributed by atoms with Crippen LogP contribution in [0.15, 0.2) is 24.3 Å². The van der Waals surface area contributed by atoms with Crippen molar-refractivity contribution in [1.29, 1.82) is 0 Å². The van der Waals surface area contributed by atoms with Crippen molar-refractivity contribution in [3.63, 3.8) is 0 Å². The Hall–Kier alpha value is -1.72. The molecule has 0 aliphatic rings. The van der Waals surface area contributed by atoms with Gasteiger partial charge < -0.3 is 10.1 Å². The van der Waals surface area contributed by atoms with Crippen LogP contribution < -0.4 is 10.1 Å². The van der Waals surface area contributed by atoms with Crippen LogP contribution >= 0.6 is 0 Å². The number of nitrogens with one attached hydrogen (secondary N) is 1. The van der Waals surface area contributed by atoms with Crippen LogP contribution in [0.1, 0.15) is 26.7 Å². The molecular formula is C14H18F3NO2. The van der Waals surface area contributed by atoms with E-state index in [2.05, 4.69) is 10.1 Å². The number of ether oxygens (including phenoxy) is 1. The van der Waals surface area contributed by atoms with Crippen LogP contribution in [0.2, 0.25) is 0 Å². The normalized spacial score (nSPS) is 12.8. The van der Waals surface area contributed by atoms with Crippen molar-refractivity contribution in [2.24, 2.45) is 5.92 Å². The van der Waals surface area contributed by atoms with Gasteiger partial charge in [-0.15, -0.1) is 0 Å². The van der Waals surface area contributed by atoms with E-state index < -0.39 is 12.8 Å². The van der Waals surface area contributed by atoms with Gasteiger partial charge in [0.25, 0.3) is 0 Å². The third kappa shape index (κ3) is 5.95. The quantitative estimate of drug-likeness (QED) is 0.859. The summed E-state index contributed by atoms with van der Waals surface area (Å²) in [7, 11) is 0. The largest absolute Gasteiger partial charge is 0.484 e. The van der Waals surface area contributed by atoms with Crippen molar-refractivity contribution < 1.29 is 22.7 Å². The minimum atomic E-state index is -4.36. The molecule has 0 fully saturated rings. The van der Waals surface area contributed by atoms with Gasteiger partial charge in [-0.2, -0.15) is 13.2 Å². The fourth-order valence-corrected chi connectivity index (χ4v) is 1.63. The number of anilines is 1. The van der Waals surface area contributed by atoms with Crippen LogP contribution in [0.25, 0.3) is 0 Å². The van der Waals surface area contributed by atoms with Crippen LogP contribution in [-0.4, -0.2) is 18.7 Å². The maximum atomic E-state index is 12.0. The van der Waals surface area contributed by atoms with Gasteiger partial charge in [-0.05, 0) is 30.7 Å². The van der Waals surface area contributed by atoms with Crippen molar-refractivity contribution >= 4 is 11.6 Å². The minimum Gasteiger partial charge on any atom is -0.484 e. The Morgan fingerprint density at radius 1 is 1.30 bits per heavy atom. The molecule has 3 nitrogen and oxygen atoms in total. The van der Waals surface area contributed by atoms with Crippen molar-refractivity contribution in [1.82, 2.24) is 0 Å². The topological polar surface area (TPSA) is 38.3 Å². The Morgan fingerprint density at radius 2 is 1.90 bits per heavy atom. The molecule has 0 aromatic heterocycles. The monoisotopic (exact) mass is 289 g/mol. The summed E-state index contributed by atoms with van der Waals surface area (Å²) < 4.78 is 40.5. The predicted molar refractivity (Wildman–Crippen MR) is 70.7 cm³/mol. The van der Waals surface area contributed by atoms with E-state index in [4.69, 9.17) is 0 Å². The number of benzene rings is 1. The SMILES string of the molecule is CCCC(C)C(=O)Nc1ccc(OCC(F)(F)F)cc1.